The van der Waals surface area contributed by atoms with Crippen LogP contribution in [-0.2, 0) is 23.7 Å². The molecule has 1 saturated carbocycles. The second-order valence-corrected chi connectivity index (χ2v) is 11.4. The predicted octanol–water partition coefficient (Wildman–Crippen LogP) is 7.62. The molecule has 1 aromatic carbocycles. The van der Waals surface area contributed by atoms with Crippen LogP contribution in [-0.4, -0.2) is 25.4 Å². The third-order valence-corrected chi connectivity index (χ3v) is 8.20. The molecule has 10 heteroatoms. The van der Waals surface area contributed by atoms with Crippen LogP contribution in [0.3, 0.4) is 0 Å². The van der Waals surface area contributed by atoms with E-state index >= 15 is 0 Å². The van der Waals surface area contributed by atoms with Crippen molar-refractivity contribution in [1.29, 1.82) is 0 Å². The van der Waals surface area contributed by atoms with Crippen LogP contribution in [0.5, 0.6) is 0 Å². The second-order valence-electron chi connectivity index (χ2n) is 10.6. The number of anilines is 1. The van der Waals surface area contributed by atoms with Crippen molar-refractivity contribution >= 4 is 33.2 Å². The fourth-order valence-corrected chi connectivity index (χ4v) is 5.78. The molecular formula is C30H31BrF3N5O. The number of rotatable bonds is 10. The number of fused-ring (bicyclic) bond motifs is 1. The Morgan fingerprint density at radius 3 is 2.65 bits per heavy atom. The molecular weight excluding hydrogens is 583 g/mol. The number of benzene rings is 1. The predicted molar refractivity (Wildman–Crippen MR) is 151 cm³/mol. The number of pyridine rings is 1. The summed E-state index contributed by atoms with van der Waals surface area (Å²) in [5.41, 5.74) is 2.81. The highest BCUT2D eigenvalue weighted by Crippen LogP contribution is 2.37. The van der Waals surface area contributed by atoms with Crippen LogP contribution in [0, 0.1) is 11.7 Å². The van der Waals surface area contributed by atoms with Gasteiger partial charge in [-0.05, 0) is 83.8 Å². The van der Waals surface area contributed by atoms with E-state index in [9.17, 15) is 18.0 Å². The molecule has 5 rings (SSSR count). The van der Waals surface area contributed by atoms with Gasteiger partial charge in [-0.1, -0.05) is 12.1 Å². The molecule has 1 fully saturated rings. The first-order valence-corrected chi connectivity index (χ1v) is 14.3. The first-order chi connectivity index (χ1) is 19.2. The van der Waals surface area contributed by atoms with E-state index < -0.39 is 17.3 Å². The Balaban J connectivity index is 1.18. The fraction of sp³-hybridized carbons (Fsp3) is 0.400. The van der Waals surface area contributed by atoms with Gasteiger partial charge in [0.05, 0.1) is 16.2 Å². The van der Waals surface area contributed by atoms with Gasteiger partial charge in [0, 0.05) is 55.9 Å². The Kier molecular flexibility index (Phi) is 8.54. The highest BCUT2D eigenvalue weighted by molar-refractivity contribution is 9.10. The highest BCUT2D eigenvalue weighted by atomic mass is 79.9. The van der Waals surface area contributed by atoms with Crippen molar-refractivity contribution in [1.82, 2.24) is 19.6 Å². The largest absolute Gasteiger partial charge is 0.366 e. The third kappa shape index (κ3) is 6.54. The van der Waals surface area contributed by atoms with Gasteiger partial charge in [0.2, 0.25) is 0 Å². The zero-order chi connectivity index (χ0) is 28.3. The molecule has 1 aliphatic rings. The van der Waals surface area contributed by atoms with E-state index in [-0.39, 0.29) is 17.6 Å². The van der Waals surface area contributed by atoms with Gasteiger partial charge in [-0.2, -0.15) is 9.61 Å². The van der Waals surface area contributed by atoms with E-state index in [4.69, 9.17) is 4.98 Å². The molecule has 0 bridgehead atoms. The van der Waals surface area contributed by atoms with Gasteiger partial charge < -0.3 is 5.32 Å². The number of halogens is 4. The number of nitrogens with one attached hydrogen (secondary N) is 1. The van der Waals surface area contributed by atoms with Gasteiger partial charge in [0.15, 0.2) is 5.65 Å². The van der Waals surface area contributed by atoms with E-state index in [0.717, 1.165) is 58.9 Å². The zero-order valence-corrected chi connectivity index (χ0v) is 23.8. The van der Waals surface area contributed by atoms with Crippen molar-refractivity contribution in [3.8, 4) is 0 Å². The number of hydrogen-bond donors (Lipinski definition) is 1. The van der Waals surface area contributed by atoms with Crippen molar-refractivity contribution in [3.05, 3.63) is 87.7 Å². The molecule has 0 atom stereocenters. The molecule has 210 valence electrons. The number of alkyl halides is 2. The number of carbonyl (C=O) groups excluding carboxylic acids is 1. The van der Waals surface area contributed by atoms with E-state index in [2.05, 4.69) is 31.3 Å². The molecule has 0 radical (unpaired) electrons. The lowest BCUT2D eigenvalue weighted by molar-refractivity contribution is -0.124. The summed E-state index contributed by atoms with van der Waals surface area (Å²) in [5, 5.41) is 7.91. The topological polar surface area (TPSA) is 72.2 Å². The number of hydrogen-bond acceptors (Lipinski definition) is 5. The summed E-state index contributed by atoms with van der Waals surface area (Å²) in [6.07, 6.45) is 10.0. The molecule has 4 aromatic rings. The molecule has 3 aromatic heterocycles. The van der Waals surface area contributed by atoms with E-state index in [1.54, 1.807) is 16.9 Å². The van der Waals surface area contributed by atoms with Gasteiger partial charge in [0.1, 0.15) is 17.4 Å². The monoisotopic (exact) mass is 613 g/mol. The van der Waals surface area contributed by atoms with Crippen LogP contribution >= 0.6 is 15.9 Å². The third-order valence-electron chi connectivity index (χ3n) is 7.64. The average molecular weight is 615 g/mol. The molecule has 0 saturated heterocycles. The fourth-order valence-electron chi connectivity index (χ4n) is 5.43. The van der Waals surface area contributed by atoms with Crippen molar-refractivity contribution in [2.45, 2.75) is 70.3 Å². The van der Waals surface area contributed by atoms with Crippen molar-refractivity contribution < 1.29 is 18.0 Å². The molecule has 40 heavy (non-hydrogen) atoms. The van der Waals surface area contributed by atoms with Gasteiger partial charge in [-0.25, -0.2) is 18.2 Å². The summed E-state index contributed by atoms with van der Waals surface area (Å²) < 4.78 is 43.7. The maximum Gasteiger partial charge on any atom is 0.273 e. The number of aryl methyl sites for hydroxylation is 1. The van der Waals surface area contributed by atoms with Crippen molar-refractivity contribution in [2.75, 3.05) is 5.32 Å². The average Bonchev–Trinajstić information content (AvgIpc) is 3.33. The second kappa shape index (κ2) is 12.1. The Bertz CT molecular complexity index is 1480. The first-order valence-electron chi connectivity index (χ1n) is 13.6. The molecule has 1 N–H and O–H groups in total. The number of Topliss-reactive ketones (excluding diaryl/α,β-unsaturated/α-hetero) is 1. The van der Waals surface area contributed by atoms with Crippen LogP contribution in [0.25, 0.3) is 5.65 Å². The normalized spacial score (nSPS) is 17.7. The Hall–Kier alpha value is -3.27. The van der Waals surface area contributed by atoms with E-state index in [0.29, 0.717) is 38.3 Å². The molecule has 0 amide bonds. The molecule has 6 nitrogen and oxygen atoms in total. The summed E-state index contributed by atoms with van der Waals surface area (Å²) in [5.74, 6) is -2.86. The van der Waals surface area contributed by atoms with Crippen molar-refractivity contribution in [3.63, 3.8) is 0 Å². The summed E-state index contributed by atoms with van der Waals surface area (Å²) in [6.45, 7) is 1.29. The lowest BCUT2D eigenvalue weighted by Crippen LogP contribution is -2.22. The number of ketones is 1. The Morgan fingerprint density at radius 2 is 1.93 bits per heavy atom. The van der Waals surface area contributed by atoms with Crippen LogP contribution in [0.15, 0.2) is 59.5 Å². The maximum absolute atomic E-state index is 13.8. The lowest BCUT2D eigenvalue weighted by Gasteiger charge is -2.28. The van der Waals surface area contributed by atoms with E-state index in [1.165, 1.54) is 12.1 Å². The number of aromatic nitrogens is 4. The Labute approximate surface area is 239 Å². The number of carbonyl (C=O) groups is 1. The minimum absolute atomic E-state index is 0.00591. The van der Waals surface area contributed by atoms with Gasteiger partial charge in [-0.3, -0.25) is 9.78 Å². The summed E-state index contributed by atoms with van der Waals surface area (Å²) in [6, 6.07) is 9.78. The zero-order valence-electron chi connectivity index (χ0n) is 22.2. The van der Waals surface area contributed by atoms with Crippen molar-refractivity contribution in [2.24, 2.45) is 5.92 Å². The minimum Gasteiger partial charge on any atom is -0.366 e. The van der Waals surface area contributed by atoms with Crippen LogP contribution in [0.1, 0.15) is 73.8 Å². The van der Waals surface area contributed by atoms with Crippen LogP contribution in [0.2, 0.25) is 0 Å². The quantitative estimate of drug-likeness (QED) is 0.199. The maximum atomic E-state index is 13.8. The Morgan fingerprint density at radius 1 is 1.12 bits per heavy atom. The molecule has 0 unspecified atom stereocenters. The summed E-state index contributed by atoms with van der Waals surface area (Å²) >= 11 is 3.56. The lowest BCUT2D eigenvalue weighted by atomic mass is 9.77. The summed E-state index contributed by atoms with van der Waals surface area (Å²) in [7, 11) is 0. The minimum atomic E-state index is -3.24. The molecule has 0 spiro atoms. The molecule has 3 heterocycles. The van der Waals surface area contributed by atoms with Crippen LogP contribution in [0.4, 0.5) is 19.0 Å². The van der Waals surface area contributed by atoms with Crippen LogP contribution < -0.4 is 5.32 Å². The number of nitrogens with zero attached hydrogens (tertiary/aromatic N) is 4. The van der Waals surface area contributed by atoms with E-state index in [1.807, 2.05) is 24.4 Å². The first kappa shape index (κ1) is 28.3. The van der Waals surface area contributed by atoms with Gasteiger partial charge in [0.25, 0.3) is 5.92 Å². The summed E-state index contributed by atoms with van der Waals surface area (Å²) in [4.78, 5) is 22.0. The molecule has 0 aliphatic heterocycles. The van der Waals surface area contributed by atoms with Gasteiger partial charge in [-0.15, -0.1) is 0 Å². The standard InChI is InChI=1S/C30H31BrF3N5O/c1-30(33,34)23-14-19(7-12-25(23)32)4-2-6-27(40)22-10-8-21(9-11-22)26-15-28(36-17-20-5-3-13-35-16-20)39-29(38-26)24(31)18-37-39/h3,5,7,12-16,18,21-22,36H,2,4,6,8-11,17H2,1H3. The van der Waals surface area contributed by atoms with Gasteiger partial charge >= 0.3 is 0 Å². The highest BCUT2D eigenvalue weighted by Gasteiger charge is 2.30. The SMILES string of the molecule is CC(F)(F)c1cc(CCCC(=O)C2CCC(c3cc(NCc4cccnc4)n4ncc(Br)c4n3)CC2)ccc1F. The molecule has 1 aliphatic carbocycles. The smallest absolute Gasteiger partial charge is 0.273 e.